The Bertz CT molecular complexity index is 836. The molecule has 2 heterocycles. The fourth-order valence-corrected chi connectivity index (χ4v) is 2.19. The number of rotatable bonds is 4. The summed E-state index contributed by atoms with van der Waals surface area (Å²) in [5.74, 6) is -0.840. The molecule has 0 saturated heterocycles. The van der Waals surface area contributed by atoms with Crippen LogP contribution in [0.4, 0.5) is 4.39 Å². The average Bonchev–Trinajstić information content (AvgIpc) is 3.12. The largest absolute Gasteiger partial charge is 0.456 e. The lowest BCUT2D eigenvalue weighted by Crippen LogP contribution is -2.07. The number of halogens is 1. The zero-order chi connectivity index (χ0) is 16.4. The highest BCUT2D eigenvalue weighted by Gasteiger charge is 2.15. The molecule has 0 saturated carbocycles. The van der Waals surface area contributed by atoms with Crippen LogP contribution in [0.15, 0.2) is 42.7 Å². The van der Waals surface area contributed by atoms with Gasteiger partial charge in [-0.25, -0.2) is 13.9 Å². The number of hydrogen-bond acceptors (Lipinski definition) is 4. The Balaban J connectivity index is 1.74. The van der Waals surface area contributed by atoms with Crippen molar-refractivity contribution in [2.75, 3.05) is 0 Å². The molecule has 0 spiro atoms. The monoisotopic (exact) mass is 314 g/mol. The minimum absolute atomic E-state index is 0.134. The molecular formula is C16H15FN4O2. The molecule has 2 aromatic heterocycles. The van der Waals surface area contributed by atoms with Gasteiger partial charge in [0.2, 0.25) is 0 Å². The van der Waals surface area contributed by atoms with Gasteiger partial charge in [-0.05, 0) is 37.3 Å². The van der Waals surface area contributed by atoms with Crippen LogP contribution in [0.25, 0.3) is 5.69 Å². The fraction of sp³-hybridized carbons (Fsp3) is 0.188. The van der Waals surface area contributed by atoms with E-state index in [1.807, 2.05) is 6.92 Å². The standard InChI is InChI=1S/C16H15FN4O2/c1-11-7-15(16(22)23-10-12-8-18-20(2)9-12)19-21(11)14-5-3-13(17)4-6-14/h3-9H,10H2,1-2H3. The van der Waals surface area contributed by atoms with Crippen LogP contribution in [0.1, 0.15) is 21.7 Å². The molecule has 3 aromatic rings. The first-order valence-electron chi connectivity index (χ1n) is 7.00. The van der Waals surface area contributed by atoms with Crippen molar-refractivity contribution in [2.45, 2.75) is 13.5 Å². The summed E-state index contributed by atoms with van der Waals surface area (Å²) in [4.78, 5) is 12.1. The van der Waals surface area contributed by atoms with E-state index in [4.69, 9.17) is 4.74 Å². The van der Waals surface area contributed by atoms with Crippen molar-refractivity contribution in [3.05, 3.63) is 65.5 Å². The molecule has 0 aliphatic rings. The van der Waals surface area contributed by atoms with Gasteiger partial charge >= 0.3 is 5.97 Å². The minimum Gasteiger partial charge on any atom is -0.456 e. The lowest BCUT2D eigenvalue weighted by Gasteiger charge is -2.03. The van der Waals surface area contributed by atoms with E-state index < -0.39 is 5.97 Å². The third-order valence-electron chi connectivity index (χ3n) is 3.30. The smallest absolute Gasteiger partial charge is 0.359 e. The quantitative estimate of drug-likeness (QED) is 0.694. The first-order chi connectivity index (χ1) is 11.0. The van der Waals surface area contributed by atoms with Crippen LogP contribution in [-0.4, -0.2) is 25.5 Å². The van der Waals surface area contributed by atoms with Crippen molar-refractivity contribution in [3.63, 3.8) is 0 Å². The highest BCUT2D eigenvalue weighted by atomic mass is 19.1. The molecule has 7 heteroatoms. The van der Waals surface area contributed by atoms with Crippen molar-refractivity contribution < 1.29 is 13.9 Å². The first kappa shape index (κ1) is 15.0. The van der Waals surface area contributed by atoms with E-state index in [0.717, 1.165) is 11.3 Å². The maximum absolute atomic E-state index is 13.0. The molecule has 1 aromatic carbocycles. The number of carbonyl (C=O) groups is 1. The van der Waals surface area contributed by atoms with Crippen LogP contribution < -0.4 is 0 Å². The number of hydrogen-bond donors (Lipinski definition) is 0. The maximum atomic E-state index is 13.0. The molecular weight excluding hydrogens is 299 g/mol. The molecule has 6 nitrogen and oxygen atoms in total. The topological polar surface area (TPSA) is 61.9 Å². The van der Waals surface area contributed by atoms with Crippen LogP contribution in [0, 0.1) is 12.7 Å². The van der Waals surface area contributed by atoms with Crippen molar-refractivity contribution in [3.8, 4) is 5.69 Å². The van der Waals surface area contributed by atoms with Gasteiger partial charge in [0, 0.05) is 24.5 Å². The molecule has 0 N–H and O–H groups in total. The summed E-state index contributed by atoms with van der Waals surface area (Å²) in [6.07, 6.45) is 3.41. The summed E-state index contributed by atoms with van der Waals surface area (Å²) in [6, 6.07) is 7.52. The number of aromatic nitrogens is 4. The SMILES string of the molecule is Cc1cc(C(=O)OCc2cnn(C)c2)nn1-c1ccc(F)cc1. The van der Waals surface area contributed by atoms with Gasteiger partial charge in [0.15, 0.2) is 5.69 Å². The summed E-state index contributed by atoms with van der Waals surface area (Å²) < 4.78 is 21.4. The lowest BCUT2D eigenvalue weighted by atomic mass is 10.3. The summed E-state index contributed by atoms with van der Waals surface area (Å²) in [7, 11) is 1.79. The molecule has 0 fully saturated rings. The Labute approximate surface area is 132 Å². The Kier molecular flexibility index (Phi) is 3.92. The predicted octanol–water partition coefficient (Wildman–Crippen LogP) is 2.41. The number of aryl methyl sites for hydroxylation is 2. The Morgan fingerprint density at radius 3 is 2.70 bits per heavy atom. The molecule has 0 aliphatic heterocycles. The molecule has 0 atom stereocenters. The van der Waals surface area contributed by atoms with Gasteiger partial charge in [-0.1, -0.05) is 0 Å². The predicted molar refractivity (Wildman–Crippen MR) is 80.6 cm³/mol. The van der Waals surface area contributed by atoms with Gasteiger partial charge in [0.25, 0.3) is 0 Å². The molecule has 0 radical (unpaired) electrons. The normalized spacial score (nSPS) is 10.7. The molecule has 0 bridgehead atoms. The van der Waals surface area contributed by atoms with Crippen molar-refractivity contribution in [1.82, 2.24) is 19.6 Å². The number of esters is 1. The van der Waals surface area contributed by atoms with Crippen LogP contribution >= 0.6 is 0 Å². The van der Waals surface area contributed by atoms with Gasteiger partial charge in [-0.15, -0.1) is 0 Å². The van der Waals surface area contributed by atoms with Gasteiger partial charge in [-0.3, -0.25) is 4.68 Å². The van der Waals surface area contributed by atoms with E-state index in [1.54, 1.807) is 47.0 Å². The average molecular weight is 314 g/mol. The third-order valence-corrected chi connectivity index (χ3v) is 3.30. The summed E-state index contributed by atoms with van der Waals surface area (Å²) in [5.41, 5.74) is 2.44. The molecule has 0 unspecified atom stereocenters. The Hall–Kier alpha value is -2.96. The van der Waals surface area contributed by atoms with Crippen LogP contribution in [-0.2, 0) is 18.4 Å². The van der Waals surface area contributed by atoms with Crippen molar-refractivity contribution in [2.24, 2.45) is 7.05 Å². The Morgan fingerprint density at radius 1 is 1.30 bits per heavy atom. The van der Waals surface area contributed by atoms with E-state index in [2.05, 4.69) is 10.2 Å². The van der Waals surface area contributed by atoms with Crippen LogP contribution in [0.3, 0.4) is 0 Å². The summed E-state index contributed by atoms with van der Waals surface area (Å²) in [5, 5.41) is 8.23. The van der Waals surface area contributed by atoms with Gasteiger partial charge in [0.05, 0.1) is 11.9 Å². The summed E-state index contributed by atoms with van der Waals surface area (Å²) >= 11 is 0. The first-order valence-corrected chi connectivity index (χ1v) is 7.00. The van der Waals surface area contributed by atoms with E-state index in [-0.39, 0.29) is 18.1 Å². The van der Waals surface area contributed by atoms with Crippen LogP contribution in [0.5, 0.6) is 0 Å². The number of carbonyl (C=O) groups excluding carboxylic acids is 1. The highest BCUT2D eigenvalue weighted by Crippen LogP contribution is 2.14. The van der Waals surface area contributed by atoms with E-state index in [1.165, 1.54) is 12.1 Å². The second kappa shape index (κ2) is 6.04. The van der Waals surface area contributed by atoms with E-state index in [9.17, 15) is 9.18 Å². The number of ether oxygens (including phenoxy) is 1. The lowest BCUT2D eigenvalue weighted by molar-refractivity contribution is 0.0465. The van der Waals surface area contributed by atoms with E-state index >= 15 is 0 Å². The molecule has 118 valence electrons. The van der Waals surface area contributed by atoms with Gasteiger partial charge < -0.3 is 4.74 Å². The molecule has 0 amide bonds. The zero-order valence-corrected chi connectivity index (χ0v) is 12.7. The van der Waals surface area contributed by atoms with Crippen LogP contribution in [0.2, 0.25) is 0 Å². The number of nitrogens with zero attached hydrogens (tertiary/aromatic N) is 4. The second-order valence-electron chi connectivity index (χ2n) is 5.16. The van der Waals surface area contributed by atoms with E-state index in [0.29, 0.717) is 5.69 Å². The second-order valence-corrected chi connectivity index (χ2v) is 5.16. The fourth-order valence-electron chi connectivity index (χ4n) is 2.19. The molecule has 23 heavy (non-hydrogen) atoms. The highest BCUT2D eigenvalue weighted by molar-refractivity contribution is 5.87. The zero-order valence-electron chi connectivity index (χ0n) is 12.7. The number of benzene rings is 1. The molecule has 0 aliphatic carbocycles. The third kappa shape index (κ3) is 3.28. The van der Waals surface area contributed by atoms with Crippen molar-refractivity contribution in [1.29, 1.82) is 0 Å². The minimum atomic E-state index is -0.516. The van der Waals surface area contributed by atoms with Gasteiger partial charge in [-0.2, -0.15) is 10.2 Å². The summed E-state index contributed by atoms with van der Waals surface area (Å²) in [6.45, 7) is 1.95. The Morgan fingerprint density at radius 2 is 2.04 bits per heavy atom. The van der Waals surface area contributed by atoms with Crippen molar-refractivity contribution >= 4 is 5.97 Å². The maximum Gasteiger partial charge on any atom is 0.359 e. The van der Waals surface area contributed by atoms with Gasteiger partial charge in [0.1, 0.15) is 12.4 Å². The molecule has 3 rings (SSSR count).